The maximum absolute atomic E-state index is 5.31. The highest BCUT2D eigenvalue weighted by Crippen LogP contribution is 2.37. The van der Waals surface area contributed by atoms with Crippen molar-refractivity contribution < 1.29 is 14.2 Å². The van der Waals surface area contributed by atoms with Gasteiger partial charge >= 0.3 is 0 Å². The second-order valence-electron chi connectivity index (χ2n) is 5.00. The lowest BCUT2D eigenvalue weighted by atomic mass is 10.2. The molecule has 2 aromatic carbocycles. The minimum atomic E-state index is 0.438. The van der Waals surface area contributed by atoms with E-state index < -0.39 is 0 Å². The Bertz CT molecular complexity index is 711. The van der Waals surface area contributed by atoms with Gasteiger partial charge in [-0.05, 0) is 29.9 Å². The smallest absolute Gasteiger partial charge is 0.203 e. The summed E-state index contributed by atoms with van der Waals surface area (Å²) in [5.41, 5.74) is 4.71. The molecule has 25 heavy (non-hydrogen) atoms. The monoisotopic (exact) mass is 359 g/mol. The van der Waals surface area contributed by atoms with Crippen molar-refractivity contribution in [2.75, 3.05) is 21.3 Å². The fraction of sp³-hybridized carbons (Fsp3) is 0.222. The van der Waals surface area contributed by atoms with Gasteiger partial charge in [0.15, 0.2) is 16.6 Å². The molecule has 2 aromatic rings. The molecule has 0 atom stereocenters. The van der Waals surface area contributed by atoms with E-state index in [1.54, 1.807) is 39.7 Å². The Labute approximate surface area is 152 Å². The van der Waals surface area contributed by atoms with Crippen LogP contribution in [0.5, 0.6) is 17.2 Å². The first kappa shape index (κ1) is 18.5. The Hall–Kier alpha value is -2.80. The lowest BCUT2D eigenvalue weighted by Crippen LogP contribution is -2.31. The second kappa shape index (κ2) is 9.48. The molecule has 0 saturated heterocycles. The van der Waals surface area contributed by atoms with E-state index in [4.69, 9.17) is 26.4 Å². The number of hydrogen-bond donors (Lipinski definition) is 2. The van der Waals surface area contributed by atoms with Crippen LogP contribution in [0.15, 0.2) is 47.6 Å². The van der Waals surface area contributed by atoms with Gasteiger partial charge in [0, 0.05) is 12.1 Å². The zero-order valence-electron chi connectivity index (χ0n) is 14.4. The number of ether oxygens (including phenoxy) is 3. The summed E-state index contributed by atoms with van der Waals surface area (Å²) in [4.78, 5) is 0. The standard InChI is InChI=1S/C18H21N3O3S/c1-22-15-9-14(10-16(23-2)17(15)24-3)12-20-21-18(25)19-11-13-7-5-4-6-8-13/h4-10,12H,11H2,1-3H3,(H2,19,21,25)/b20-12-. The third-order valence-corrected chi connectivity index (χ3v) is 3.60. The zero-order chi connectivity index (χ0) is 18.1. The van der Waals surface area contributed by atoms with Crippen LogP contribution >= 0.6 is 12.2 Å². The van der Waals surface area contributed by atoms with E-state index in [1.807, 2.05) is 30.3 Å². The van der Waals surface area contributed by atoms with Crippen molar-refractivity contribution in [1.82, 2.24) is 10.7 Å². The van der Waals surface area contributed by atoms with E-state index in [1.165, 1.54) is 0 Å². The third-order valence-electron chi connectivity index (χ3n) is 3.36. The maximum atomic E-state index is 5.31. The molecule has 2 N–H and O–H groups in total. The number of nitrogens with zero attached hydrogens (tertiary/aromatic N) is 1. The molecular weight excluding hydrogens is 338 g/mol. The molecule has 0 aliphatic rings. The first-order valence-electron chi connectivity index (χ1n) is 7.58. The summed E-state index contributed by atoms with van der Waals surface area (Å²) in [6.07, 6.45) is 1.63. The van der Waals surface area contributed by atoms with Crippen LogP contribution in [-0.2, 0) is 6.54 Å². The number of rotatable bonds is 7. The van der Waals surface area contributed by atoms with E-state index in [0.29, 0.717) is 28.9 Å². The number of methoxy groups -OCH3 is 3. The van der Waals surface area contributed by atoms with E-state index in [0.717, 1.165) is 11.1 Å². The molecule has 0 heterocycles. The fourth-order valence-corrected chi connectivity index (χ4v) is 2.28. The van der Waals surface area contributed by atoms with Crippen molar-refractivity contribution >= 4 is 23.5 Å². The normalized spacial score (nSPS) is 10.4. The lowest BCUT2D eigenvalue weighted by Gasteiger charge is -2.12. The quantitative estimate of drug-likeness (QED) is 0.450. The van der Waals surface area contributed by atoms with Crippen molar-refractivity contribution in [2.45, 2.75) is 6.54 Å². The Morgan fingerprint density at radius 1 is 1.04 bits per heavy atom. The molecule has 6 nitrogen and oxygen atoms in total. The van der Waals surface area contributed by atoms with Gasteiger partial charge in [-0.15, -0.1) is 0 Å². The van der Waals surface area contributed by atoms with Gasteiger partial charge < -0.3 is 19.5 Å². The highest BCUT2D eigenvalue weighted by atomic mass is 32.1. The minimum absolute atomic E-state index is 0.438. The van der Waals surface area contributed by atoms with Crippen molar-refractivity contribution in [3.63, 3.8) is 0 Å². The molecule has 0 aliphatic heterocycles. The maximum Gasteiger partial charge on any atom is 0.203 e. The molecule has 0 spiro atoms. The predicted octanol–water partition coefficient (Wildman–Crippen LogP) is 2.71. The van der Waals surface area contributed by atoms with Gasteiger partial charge in [0.2, 0.25) is 5.75 Å². The Kier molecular flexibility index (Phi) is 7.03. The van der Waals surface area contributed by atoms with Crippen molar-refractivity contribution in [1.29, 1.82) is 0 Å². The number of thiocarbonyl (C=S) groups is 1. The summed E-state index contributed by atoms with van der Waals surface area (Å²) in [6.45, 7) is 0.631. The summed E-state index contributed by atoms with van der Waals surface area (Å²) in [5, 5.41) is 7.65. The molecule has 7 heteroatoms. The first-order chi connectivity index (χ1) is 12.2. The average Bonchev–Trinajstić information content (AvgIpc) is 2.66. The van der Waals surface area contributed by atoms with Gasteiger partial charge in [0.05, 0.1) is 27.5 Å². The van der Waals surface area contributed by atoms with Crippen LogP contribution in [0.1, 0.15) is 11.1 Å². The summed E-state index contributed by atoms with van der Waals surface area (Å²) < 4.78 is 15.9. The lowest BCUT2D eigenvalue weighted by molar-refractivity contribution is 0.324. The van der Waals surface area contributed by atoms with Crippen molar-refractivity contribution in [3.8, 4) is 17.2 Å². The molecule has 0 aromatic heterocycles. The molecule has 2 rings (SSSR count). The van der Waals surface area contributed by atoms with Gasteiger partial charge in [0.1, 0.15) is 0 Å². The van der Waals surface area contributed by atoms with Crippen LogP contribution in [0.3, 0.4) is 0 Å². The largest absolute Gasteiger partial charge is 0.493 e. The Morgan fingerprint density at radius 2 is 1.68 bits per heavy atom. The van der Waals surface area contributed by atoms with E-state index in [2.05, 4.69) is 15.8 Å². The molecule has 0 bridgehead atoms. The van der Waals surface area contributed by atoms with Gasteiger partial charge in [-0.1, -0.05) is 30.3 Å². The highest BCUT2D eigenvalue weighted by molar-refractivity contribution is 7.80. The van der Waals surface area contributed by atoms with Crippen LogP contribution in [0, 0.1) is 0 Å². The third kappa shape index (κ3) is 5.36. The van der Waals surface area contributed by atoms with Crippen molar-refractivity contribution in [2.24, 2.45) is 5.10 Å². The van der Waals surface area contributed by atoms with Crippen molar-refractivity contribution in [3.05, 3.63) is 53.6 Å². The SMILES string of the molecule is COc1cc(/C=N\NC(=S)NCc2ccccc2)cc(OC)c1OC. The van der Waals surface area contributed by atoms with Crippen LogP contribution in [0.2, 0.25) is 0 Å². The molecule has 0 amide bonds. The van der Waals surface area contributed by atoms with Gasteiger partial charge in [-0.25, -0.2) is 0 Å². The molecular formula is C18H21N3O3S. The van der Waals surface area contributed by atoms with Crippen LogP contribution in [-0.4, -0.2) is 32.7 Å². The predicted molar refractivity (Wildman–Crippen MR) is 103 cm³/mol. The molecule has 0 radical (unpaired) electrons. The molecule has 0 unspecified atom stereocenters. The number of benzene rings is 2. The van der Waals surface area contributed by atoms with Crippen LogP contribution in [0.25, 0.3) is 0 Å². The van der Waals surface area contributed by atoms with Gasteiger partial charge in [0.25, 0.3) is 0 Å². The Morgan fingerprint density at radius 3 is 2.24 bits per heavy atom. The molecule has 132 valence electrons. The fourth-order valence-electron chi connectivity index (χ4n) is 2.16. The number of nitrogens with one attached hydrogen (secondary N) is 2. The molecule has 0 fully saturated rings. The molecule has 0 aliphatic carbocycles. The number of hydrazone groups is 1. The van der Waals surface area contributed by atoms with Gasteiger partial charge in [-0.2, -0.15) is 5.10 Å². The summed E-state index contributed by atoms with van der Waals surface area (Å²) in [6, 6.07) is 13.6. The second-order valence-corrected chi connectivity index (χ2v) is 5.41. The van der Waals surface area contributed by atoms with Gasteiger partial charge in [-0.3, -0.25) is 5.43 Å². The number of hydrogen-bond acceptors (Lipinski definition) is 5. The zero-order valence-corrected chi connectivity index (χ0v) is 15.2. The topological polar surface area (TPSA) is 64.1 Å². The first-order valence-corrected chi connectivity index (χ1v) is 7.99. The van der Waals surface area contributed by atoms with E-state index >= 15 is 0 Å². The molecule has 0 saturated carbocycles. The Balaban J connectivity index is 1.96. The minimum Gasteiger partial charge on any atom is -0.493 e. The summed E-state index contributed by atoms with van der Waals surface area (Å²) in [7, 11) is 4.70. The summed E-state index contributed by atoms with van der Waals surface area (Å²) in [5.74, 6) is 1.66. The van der Waals surface area contributed by atoms with Crippen LogP contribution < -0.4 is 25.0 Å². The summed E-state index contributed by atoms with van der Waals surface area (Å²) >= 11 is 5.20. The highest BCUT2D eigenvalue weighted by Gasteiger charge is 2.12. The average molecular weight is 359 g/mol. The van der Waals surface area contributed by atoms with E-state index in [-0.39, 0.29) is 0 Å². The van der Waals surface area contributed by atoms with Crippen LogP contribution in [0.4, 0.5) is 0 Å². The van der Waals surface area contributed by atoms with E-state index in [9.17, 15) is 0 Å².